The van der Waals surface area contributed by atoms with Gasteiger partial charge in [0, 0.05) is 23.0 Å². The summed E-state index contributed by atoms with van der Waals surface area (Å²) in [5.74, 6) is -0.442. The normalized spacial score (nSPS) is 11.1. The first kappa shape index (κ1) is 23.0. The average molecular weight is 452 g/mol. The number of amides is 2. The molecule has 0 aliphatic rings. The van der Waals surface area contributed by atoms with Crippen molar-refractivity contribution in [2.75, 3.05) is 10.0 Å². The minimum Gasteiger partial charge on any atom is -0.354 e. The summed E-state index contributed by atoms with van der Waals surface area (Å²) in [5.41, 5.74) is 1.99. The molecule has 0 aliphatic heterocycles. The molecule has 0 saturated carbocycles. The second-order valence-electron chi connectivity index (χ2n) is 7.55. The van der Waals surface area contributed by atoms with E-state index in [1.807, 2.05) is 13.8 Å². The number of nitrogens with one attached hydrogen (secondary N) is 3. The van der Waals surface area contributed by atoms with Crippen LogP contribution in [0.3, 0.4) is 0 Å². The second kappa shape index (κ2) is 10.1. The molecule has 8 heteroatoms. The highest BCUT2D eigenvalue weighted by atomic mass is 32.2. The lowest BCUT2D eigenvalue weighted by Gasteiger charge is -2.11. The highest BCUT2D eigenvalue weighted by Gasteiger charge is 2.15. The van der Waals surface area contributed by atoms with E-state index in [0.29, 0.717) is 11.3 Å². The van der Waals surface area contributed by atoms with Crippen molar-refractivity contribution < 1.29 is 18.0 Å². The van der Waals surface area contributed by atoms with Crippen molar-refractivity contribution in [3.8, 4) is 0 Å². The molecule has 3 aromatic rings. The smallest absolute Gasteiger partial charge is 0.261 e. The zero-order valence-electron chi connectivity index (χ0n) is 17.8. The van der Waals surface area contributed by atoms with Crippen LogP contribution in [-0.4, -0.2) is 26.3 Å². The molecule has 3 N–H and O–H groups in total. The van der Waals surface area contributed by atoms with Crippen molar-refractivity contribution in [3.05, 3.63) is 90.0 Å². The van der Waals surface area contributed by atoms with Crippen molar-refractivity contribution in [3.63, 3.8) is 0 Å². The standard InChI is InChI=1S/C24H25N3O4S/c1-17(2)25-23(28)15-18-11-13-20(14-12-18)26-24(29)19-7-6-8-21(16-19)27-32(30,31)22-9-4-3-5-10-22/h3-14,16-17,27H,15H2,1-2H3,(H,25,28)(H,26,29). The van der Waals surface area contributed by atoms with Crippen molar-refractivity contribution in [1.29, 1.82) is 0 Å². The van der Waals surface area contributed by atoms with Crippen LogP contribution in [0, 0.1) is 0 Å². The minimum absolute atomic E-state index is 0.0634. The lowest BCUT2D eigenvalue weighted by atomic mass is 10.1. The molecule has 32 heavy (non-hydrogen) atoms. The molecule has 0 fully saturated rings. The van der Waals surface area contributed by atoms with Crippen molar-refractivity contribution in [2.24, 2.45) is 0 Å². The van der Waals surface area contributed by atoms with Crippen molar-refractivity contribution >= 4 is 33.2 Å². The highest BCUT2D eigenvalue weighted by Crippen LogP contribution is 2.18. The molecule has 0 atom stereocenters. The molecule has 3 aromatic carbocycles. The molecule has 3 rings (SSSR count). The second-order valence-corrected chi connectivity index (χ2v) is 9.23. The quantitative estimate of drug-likeness (QED) is 0.484. The van der Waals surface area contributed by atoms with Gasteiger partial charge in [-0.25, -0.2) is 8.42 Å². The van der Waals surface area contributed by atoms with E-state index >= 15 is 0 Å². The van der Waals surface area contributed by atoms with Gasteiger partial charge in [0.1, 0.15) is 0 Å². The van der Waals surface area contributed by atoms with E-state index in [9.17, 15) is 18.0 Å². The van der Waals surface area contributed by atoms with Gasteiger partial charge < -0.3 is 10.6 Å². The number of hydrogen-bond donors (Lipinski definition) is 3. The van der Waals surface area contributed by atoms with E-state index in [4.69, 9.17) is 0 Å². The maximum absolute atomic E-state index is 12.6. The third-order valence-corrected chi connectivity index (χ3v) is 5.85. The van der Waals surface area contributed by atoms with E-state index in [1.54, 1.807) is 60.7 Å². The maximum atomic E-state index is 12.6. The SMILES string of the molecule is CC(C)NC(=O)Cc1ccc(NC(=O)c2cccc(NS(=O)(=O)c3ccccc3)c2)cc1. The Bertz CT molecular complexity index is 1190. The predicted octanol–water partition coefficient (Wildman–Crippen LogP) is 3.81. The lowest BCUT2D eigenvalue weighted by Crippen LogP contribution is -2.31. The summed E-state index contributed by atoms with van der Waals surface area (Å²) >= 11 is 0. The number of anilines is 2. The first-order valence-electron chi connectivity index (χ1n) is 10.1. The van der Waals surface area contributed by atoms with Crippen LogP contribution < -0.4 is 15.4 Å². The van der Waals surface area contributed by atoms with Gasteiger partial charge in [-0.2, -0.15) is 0 Å². The molecule has 0 unspecified atom stereocenters. The molecule has 0 radical (unpaired) electrons. The van der Waals surface area contributed by atoms with E-state index in [-0.39, 0.29) is 34.9 Å². The van der Waals surface area contributed by atoms with Gasteiger partial charge in [0.15, 0.2) is 0 Å². The summed E-state index contributed by atoms with van der Waals surface area (Å²) in [6.07, 6.45) is 0.260. The summed E-state index contributed by atoms with van der Waals surface area (Å²) < 4.78 is 27.5. The Morgan fingerprint density at radius 1 is 0.844 bits per heavy atom. The predicted molar refractivity (Wildman–Crippen MR) is 125 cm³/mol. The number of carbonyl (C=O) groups excluding carboxylic acids is 2. The summed E-state index contributed by atoms with van der Waals surface area (Å²) in [5, 5.41) is 5.61. The zero-order chi connectivity index (χ0) is 23.1. The average Bonchev–Trinajstić information content (AvgIpc) is 2.75. The Balaban J connectivity index is 1.65. The Morgan fingerprint density at radius 2 is 1.53 bits per heavy atom. The van der Waals surface area contributed by atoms with Gasteiger partial charge in [0.05, 0.1) is 11.3 Å². The van der Waals surface area contributed by atoms with Crippen LogP contribution in [0.5, 0.6) is 0 Å². The van der Waals surface area contributed by atoms with Crippen LogP contribution in [0.1, 0.15) is 29.8 Å². The fourth-order valence-electron chi connectivity index (χ4n) is 3.01. The molecule has 0 spiro atoms. The number of sulfonamides is 1. The highest BCUT2D eigenvalue weighted by molar-refractivity contribution is 7.92. The van der Waals surface area contributed by atoms with Crippen molar-refractivity contribution in [1.82, 2.24) is 5.32 Å². The zero-order valence-corrected chi connectivity index (χ0v) is 18.6. The Hall–Kier alpha value is -3.65. The Morgan fingerprint density at radius 3 is 2.19 bits per heavy atom. The third kappa shape index (κ3) is 6.42. The monoisotopic (exact) mass is 451 g/mol. The van der Waals surface area contributed by atoms with Crippen LogP contribution in [0.2, 0.25) is 0 Å². The van der Waals surface area contributed by atoms with Crippen LogP contribution >= 0.6 is 0 Å². The number of hydrogen-bond acceptors (Lipinski definition) is 4. The van der Waals surface area contributed by atoms with Crippen LogP contribution in [0.15, 0.2) is 83.8 Å². The van der Waals surface area contributed by atoms with Gasteiger partial charge in [-0.1, -0.05) is 36.4 Å². The molecule has 2 amide bonds. The van der Waals surface area contributed by atoms with Gasteiger partial charge in [0.25, 0.3) is 15.9 Å². The van der Waals surface area contributed by atoms with Crippen LogP contribution in [0.25, 0.3) is 0 Å². The fourth-order valence-corrected chi connectivity index (χ4v) is 4.08. The third-order valence-electron chi connectivity index (χ3n) is 4.46. The Kier molecular flexibility index (Phi) is 7.27. The number of benzene rings is 3. The molecule has 0 heterocycles. The topological polar surface area (TPSA) is 104 Å². The van der Waals surface area contributed by atoms with E-state index < -0.39 is 10.0 Å². The van der Waals surface area contributed by atoms with E-state index in [1.165, 1.54) is 18.2 Å². The number of carbonyl (C=O) groups is 2. The first-order chi connectivity index (χ1) is 15.2. The molecular weight excluding hydrogens is 426 g/mol. The van der Waals surface area contributed by atoms with Gasteiger partial charge in [0.2, 0.25) is 5.91 Å². The minimum atomic E-state index is -3.75. The Labute approximate surface area is 187 Å². The maximum Gasteiger partial charge on any atom is 0.261 e. The van der Waals surface area contributed by atoms with Crippen molar-refractivity contribution in [2.45, 2.75) is 31.2 Å². The fraction of sp³-hybridized carbons (Fsp3) is 0.167. The van der Waals surface area contributed by atoms with Gasteiger partial charge in [-0.15, -0.1) is 0 Å². The first-order valence-corrected chi connectivity index (χ1v) is 11.6. The molecule has 0 aliphatic carbocycles. The molecule has 166 valence electrons. The van der Waals surface area contributed by atoms with E-state index in [2.05, 4.69) is 15.4 Å². The molecule has 0 saturated heterocycles. The molecule has 0 aromatic heterocycles. The molecule has 7 nitrogen and oxygen atoms in total. The van der Waals surface area contributed by atoms with Crippen LogP contribution in [0.4, 0.5) is 11.4 Å². The van der Waals surface area contributed by atoms with E-state index in [0.717, 1.165) is 5.56 Å². The van der Waals surface area contributed by atoms with Gasteiger partial charge in [-0.05, 0) is 61.9 Å². The summed E-state index contributed by atoms with van der Waals surface area (Å²) in [6.45, 7) is 3.80. The van der Waals surface area contributed by atoms with Gasteiger partial charge in [-0.3, -0.25) is 14.3 Å². The molecular formula is C24H25N3O4S. The number of rotatable bonds is 8. The molecule has 0 bridgehead atoms. The van der Waals surface area contributed by atoms with Crippen LogP contribution in [-0.2, 0) is 21.2 Å². The summed E-state index contributed by atoms with van der Waals surface area (Å²) in [4.78, 5) is 24.6. The van der Waals surface area contributed by atoms with Gasteiger partial charge >= 0.3 is 0 Å². The lowest BCUT2D eigenvalue weighted by molar-refractivity contribution is -0.120. The summed E-state index contributed by atoms with van der Waals surface area (Å²) in [6, 6.07) is 21.3. The summed E-state index contributed by atoms with van der Waals surface area (Å²) in [7, 11) is -3.75. The largest absolute Gasteiger partial charge is 0.354 e.